The summed E-state index contributed by atoms with van der Waals surface area (Å²) in [4.78, 5) is 14.7. The van der Waals surface area contributed by atoms with E-state index in [9.17, 15) is 4.79 Å². The second-order valence-electron chi connectivity index (χ2n) is 5.38. The van der Waals surface area contributed by atoms with Crippen LogP contribution in [0.4, 0.5) is 0 Å². The first kappa shape index (κ1) is 15.3. The summed E-state index contributed by atoms with van der Waals surface area (Å²) in [5.41, 5.74) is 0.691. The minimum Gasteiger partial charge on any atom is -0.379 e. The Balaban J connectivity index is 1.64. The predicted molar refractivity (Wildman–Crippen MR) is 88.6 cm³/mol. The van der Waals surface area contributed by atoms with E-state index in [0.29, 0.717) is 17.1 Å². The minimum atomic E-state index is -0.0406. The standard InChI is InChI=1S/C17H19ClN2O2/c18-14-4-5-15-13(12-14)2-1-3-16(15)17(21)19-6-7-20-8-10-22-11-9-20/h1-5,12H,6-11H2,(H,19,21). The van der Waals surface area contributed by atoms with Crippen molar-refractivity contribution < 1.29 is 9.53 Å². The van der Waals surface area contributed by atoms with Crippen LogP contribution < -0.4 is 5.32 Å². The molecule has 1 aliphatic heterocycles. The summed E-state index contributed by atoms with van der Waals surface area (Å²) >= 11 is 6.00. The van der Waals surface area contributed by atoms with Crippen LogP contribution in [0.2, 0.25) is 5.02 Å². The van der Waals surface area contributed by atoms with Crippen LogP contribution in [-0.4, -0.2) is 50.2 Å². The summed E-state index contributed by atoms with van der Waals surface area (Å²) in [5.74, 6) is -0.0406. The zero-order valence-corrected chi connectivity index (χ0v) is 13.1. The van der Waals surface area contributed by atoms with Gasteiger partial charge in [0.2, 0.25) is 0 Å². The van der Waals surface area contributed by atoms with Crippen LogP contribution in [0, 0.1) is 0 Å². The number of halogens is 1. The lowest BCUT2D eigenvalue weighted by atomic mass is 10.0. The van der Waals surface area contributed by atoms with Gasteiger partial charge >= 0.3 is 0 Å². The highest BCUT2D eigenvalue weighted by atomic mass is 35.5. The number of rotatable bonds is 4. The highest BCUT2D eigenvalue weighted by molar-refractivity contribution is 6.31. The molecule has 5 heteroatoms. The third kappa shape index (κ3) is 3.58. The van der Waals surface area contributed by atoms with Gasteiger partial charge in [-0.2, -0.15) is 0 Å². The van der Waals surface area contributed by atoms with Crippen LogP contribution in [0.1, 0.15) is 10.4 Å². The molecule has 1 amide bonds. The van der Waals surface area contributed by atoms with E-state index < -0.39 is 0 Å². The molecule has 0 saturated carbocycles. The maximum atomic E-state index is 12.4. The van der Waals surface area contributed by atoms with Crippen molar-refractivity contribution in [2.75, 3.05) is 39.4 Å². The van der Waals surface area contributed by atoms with Crippen molar-refractivity contribution in [3.05, 3.63) is 47.0 Å². The second kappa shape index (κ2) is 7.09. The van der Waals surface area contributed by atoms with Gasteiger partial charge in [-0.3, -0.25) is 9.69 Å². The fourth-order valence-corrected chi connectivity index (χ4v) is 2.88. The van der Waals surface area contributed by atoms with Crippen LogP contribution in [0.3, 0.4) is 0 Å². The Kier molecular flexibility index (Phi) is 4.93. The number of amides is 1. The monoisotopic (exact) mass is 318 g/mol. The third-order valence-corrected chi connectivity index (χ3v) is 4.14. The van der Waals surface area contributed by atoms with Gasteiger partial charge in [0.15, 0.2) is 0 Å². The highest BCUT2D eigenvalue weighted by Crippen LogP contribution is 2.22. The van der Waals surface area contributed by atoms with E-state index >= 15 is 0 Å². The molecule has 1 aliphatic rings. The van der Waals surface area contributed by atoms with E-state index in [1.165, 1.54) is 0 Å². The quantitative estimate of drug-likeness (QED) is 0.942. The summed E-state index contributed by atoms with van der Waals surface area (Å²) in [6.45, 7) is 4.91. The molecule has 1 N–H and O–H groups in total. The van der Waals surface area contributed by atoms with Gasteiger partial charge in [0.1, 0.15) is 0 Å². The normalized spacial score (nSPS) is 15.9. The number of carbonyl (C=O) groups excluding carboxylic acids is 1. The predicted octanol–water partition coefficient (Wildman–Crippen LogP) is 2.56. The smallest absolute Gasteiger partial charge is 0.251 e. The Hall–Kier alpha value is -1.62. The molecule has 1 heterocycles. The van der Waals surface area contributed by atoms with Crippen molar-refractivity contribution in [2.24, 2.45) is 0 Å². The van der Waals surface area contributed by atoms with E-state index in [2.05, 4.69) is 10.2 Å². The van der Waals surface area contributed by atoms with E-state index in [1.54, 1.807) is 0 Å². The SMILES string of the molecule is O=C(NCCN1CCOCC1)c1cccc2cc(Cl)ccc12. The van der Waals surface area contributed by atoms with Crippen molar-refractivity contribution in [2.45, 2.75) is 0 Å². The van der Waals surface area contributed by atoms with Crippen LogP contribution in [0.5, 0.6) is 0 Å². The van der Waals surface area contributed by atoms with E-state index in [4.69, 9.17) is 16.3 Å². The molecule has 0 spiro atoms. The molecule has 1 saturated heterocycles. The number of morpholine rings is 1. The van der Waals surface area contributed by atoms with Crippen molar-refractivity contribution >= 4 is 28.3 Å². The first-order chi connectivity index (χ1) is 10.7. The number of fused-ring (bicyclic) bond motifs is 1. The van der Waals surface area contributed by atoms with Crippen molar-refractivity contribution in [3.8, 4) is 0 Å². The van der Waals surface area contributed by atoms with Gasteiger partial charge in [-0.05, 0) is 29.0 Å². The molecule has 0 bridgehead atoms. The molecule has 0 aliphatic carbocycles. The molecule has 1 fully saturated rings. The lowest BCUT2D eigenvalue weighted by Gasteiger charge is -2.26. The molecule has 3 rings (SSSR count). The van der Waals surface area contributed by atoms with Crippen LogP contribution >= 0.6 is 11.6 Å². The summed E-state index contributed by atoms with van der Waals surface area (Å²) in [5, 5.41) is 5.58. The first-order valence-electron chi connectivity index (χ1n) is 7.50. The van der Waals surface area contributed by atoms with Crippen LogP contribution in [-0.2, 0) is 4.74 Å². The summed E-state index contributed by atoms with van der Waals surface area (Å²) in [6, 6.07) is 11.3. The van der Waals surface area contributed by atoms with E-state index in [-0.39, 0.29) is 5.91 Å². The number of carbonyl (C=O) groups is 1. The van der Waals surface area contributed by atoms with Gasteiger partial charge < -0.3 is 10.1 Å². The molecule has 0 aromatic heterocycles. The summed E-state index contributed by atoms with van der Waals surface area (Å²) in [7, 11) is 0. The number of ether oxygens (including phenoxy) is 1. The number of nitrogens with one attached hydrogen (secondary N) is 1. The Morgan fingerprint density at radius 1 is 1.23 bits per heavy atom. The second-order valence-corrected chi connectivity index (χ2v) is 5.82. The lowest BCUT2D eigenvalue weighted by Crippen LogP contribution is -2.41. The molecule has 2 aromatic carbocycles. The zero-order chi connectivity index (χ0) is 15.4. The average Bonchev–Trinajstić information content (AvgIpc) is 2.55. The Morgan fingerprint density at radius 2 is 2.05 bits per heavy atom. The Bertz CT molecular complexity index is 669. The number of hydrogen-bond donors (Lipinski definition) is 1. The molecule has 22 heavy (non-hydrogen) atoms. The Morgan fingerprint density at radius 3 is 2.86 bits per heavy atom. The molecule has 0 atom stereocenters. The number of nitrogens with zero attached hydrogens (tertiary/aromatic N) is 1. The molecular weight excluding hydrogens is 300 g/mol. The Labute approximate surface area is 135 Å². The van der Waals surface area contributed by atoms with Crippen molar-refractivity contribution in [1.82, 2.24) is 10.2 Å². The summed E-state index contributed by atoms with van der Waals surface area (Å²) < 4.78 is 5.31. The van der Waals surface area contributed by atoms with Crippen LogP contribution in [0.25, 0.3) is 10.8 Å². The fourth-order valence-electron chi connectivity index (χ4n) is 2.70. The van der Waals surface area contributed by atoms with Gasteiger partial charge in [0.25, 0.3) is 5.91 Å². The number of benzene rings is 2. The number of hydrogen-bond acceptors (Lipinski definition) is 3. The average molecular weight is 319 g/mol. The van der Waals surface area contributed by atoms with Gasteiger partial charge in [0.05, 0.1) is 13.2 Å². The van der Waals surface area contributed by atoms with Crippen molar-refractivity contribution in [3.63, 3.8) is 0 Å². The van der Waals surface area contributed by atoms with Crippen LogP contribution in [0.15, 0.2) is 36.4 Å². The maximum absolute atomic E-state index is 12.4. The summed E-state index contributed by atoms with van der Waals surface area (Å²) in [6.07, 6.45) is 0. The van der Waals surface area contributed by atoms with E-state index in [0.717, 1.165) is 43.6 Å². The molecule has 4 nitrogen and oxygen atoms in total. The largest absolute Gasteiger partial charge is 0.379 e. The first-order valence-corrected chi connectivity index (χ1v) is 7.88. The topological polar surface area (TPSA) is 41.6 Å². The minimum absolute atomic E-state index is 0.0406. The highest BCUT2D eigenvalue weighted by Gasteiger charge is 2.12. The molecule has 116 valence electrons. The van der Waals surface area contributed by atoms with E-state index in [1.807, 2.05) is 36.4 Å². The fraction of sp³-hybridized carbons (Fsp3) is 0.353. The van der Waals surface area contributed by atoms with Crippen molar-refractivity contribution in [1.29, 1.82) is 0 Å². The molecule has 0 radical (unpaired) electrons. The van der Waals surface area contributed by atoms with Gasteiger partial charge in [-0.15, -0.1) is 0 Å². The van der Waals surface area contributed by atoms with Gasteiger partial charge in [-0.25, -0.2) is 0 Å². The molecule has 2 aromatic rings. The van der Waals surface area contributed by atoms with Gasteiger partial charge in [-0.1, -0.05) is 29.8 Å². The maximum Gasteiger partial charge on any atom is 0.251 e. The lowest BCUT2D eigenvalue weighted by molar-refractivity contribution is 0.0383. The third-order valence-electron chi connectivity index (χ3n) is 3.90. The zero-order valence-electron chi connectivity index (χ0n) is 12.3. The molecule has 0 unspecified atom stereocenters. The van der Waals surface area contributed by atoms with Gasteiger partial charge in [0, 0.05) is 36.8 Å². The molecular formula is C17H19ClN2O2.